The molecule has 1 saturated heterocycles. The fourth-order valence-electron chi connectivity index (χ4n) is 6.02. The predicted molar refractivity (Wildman–Crippen MR) is 118 cm³/mol. The minimum atomic E-state index is -0.503. The van der Waals surface area contributed by atoms with E-state index in [4.69, 9.17) is 0 Å². The Morgan fingerprint density at radius 1 is 1.34 bits per heavy atom. The summed E-state index contributed by atoms with van der Waals surface area (Å²) in [6.07, 6.45) is 4.80. The van der Waals surface area contributed by atoms with Gasteiger partial charge in [-0.15, -0.1) is 0 Å². The zero-order valence-corrected chi connectivity index (χ0v) is 18.7. The van der Waals surface area contributed by atoms with Crippen molar-refractivity contribution in [3.63, 3.8) is 0 Å². The summed E-state index contributed by atoms with van der Waals surface area (Å²) in [6.45, 7) is 3.29. The Hall–Kier alpha value is -2.98. The monoisotopic (exact) mass is 433 g/mol. The van der Waals surface area contributed by atoms with Gasteiger partial charge in [0.25, 0.3) is 0 Å². The SMILES string of the molecule is Cc1cc(C#N)ncc1C1C2(CNC(=O)N2CC2CC2)CC1(c1cccc(F)c1)N(C)C. The van der Waals surface area contributed by atoms with E-state index in [0.29, 0.717) is 24.6 Å². The Balaban J connectivity index is 1.70. The van der Waals surface area contributed by atoms with E-state index >= 15 is 0 Å². The Morgan fingerprint density at radius 3 is 2.75 bits per heavy atom. The molecular weight excluding hydrogens is 405 g/mol. The number of likely N-dealkylation sites (N-methyl/N-ethyl adjacent to an activating group) is 1. The molecule has 3 unspecified atom stereocenters. The average molecular weight is 434 g/mol. The van der Waals surface area contributed by atoms with Crippen LogP contribution in [0.4, 0.5) is 9.18 Å². The van der Waals surface area contributed by atoms with Crippen molar-refractivity contribution in [1.82, 2.24) is 20.1 Å². The van der Waals surface area contributed by atoms with Crippen LogP contribution < -0.4 is 5.32 Å². The van der Waals surface area contributed by atoms with Gasteiger partial charge >= 0.3 is 6.03 Å². The van der Waals surface area contributed by atoms with Crippen LogP contribution in [0.3, 0.4) is 0 Å². The van der Waals surface area contributed by atoms with Gasteiger partial charge in [-0.1, -0.05) is 12.1 Å². The van der Waals surface area contributed by atoms with Gasteiger partial charge in [0.1, 0.15) is 17.6 Å². The highest BCUT2D eigenvalue weighted by Crippen LogP contribution is 2.65. The van der Waals surface area contributed by atoms with Crippen LogP contribution in [0.1, 0.15) is 47.6 Å². The van der Waals surface area contributed by atoms with Crippen LogP contribution in [0.5, 0.6) is 0 Å². The summed E-state index contributed by atoms with van der Waals surface area (Å²) in [7, 11) is 4.04. The van der Waals surface area contributed by atoms with Gasteiger partial charge in [-0.3, -0.25) is 4.90 Å². The molecule has 32 heavy (non-hydrogen) atoms. The maximum Gasteiger partial charge on any atom is 0.318 e. The lowest BCUT2D eigenvalue weighted by Crippen LogP contribution is -2.73. The van der Waals surface area contributed by atoms with Gasteiger partial charge in [-0.2, -0.15) is 5.26 Å². The van der Waals surface area contributed by atoms with E-state index in [1.165, 1.54) is 6.07 Å². The summed E-state index contributed by atoms with van der Waals surface area (Å²) in [5, 5.41) is 12.4. The normalized spacial score (nSPS) is 29.2. The first-order chi connectivity index (χ1) is 15.3. The van der Waals surface area contributed by atoms with E-state index in [1.807, 2.05) is 38.1 Å². The van der Waals surface area contributed by atoms with Crippen LogP contribution in [0.2, 0.25) is 0 Å². The number of nitriles is 1. The largest absolute Gasteiger partial charge is 0.336 e. The van der Waals surface area contributed by atoms with Crippen LogP contribution in [-0.2, 0) is 5.54 Å². The summed E-state index contributed by atoms with van der Waals surface area (Å²) in [4.78, 5) is 21.5. The van der Waals surface area contributed by atoms with Crippen molar-refractivity contribution in [2.45, 2.75) is 43.2 Å². The molecule has 0 radical (unpaired) electrons. The molecule has 2 amide bonds. The number of nitrogens with zero attached hydrogens (tertiary/aromatic N) is 4. The van der Waals surface area contributed by atoms with E-state index in [2.05, 4.69) is 21.3 Å². The smallest absolute Gasteiger partial charge is 0.318 e. The predicted octanol–water partition coefficient (Wildman–Crippen LogP) is 3.52. The summed E-state index contributed by atoms with van der Waals surface area (Å²) < 4.78 is 14.4. The zero-order chi connectivity index (χ0) is 22.7. The highest BCUT2D eigenvalue weighted by molar-refractivity contribution is 5.79. The minimum absolute atomic E-state index is 0.0206. The second-order valence-electron chi connectivity index (χ2n) is 9.79. The molecule has 1 N–H and O–H groups in total. The minimum Gasteiger partial charge on any atom is -0.336 e. The maximum absolute atomic E-state index is 14.4. The van der Waals surface area contributed by atoms with Crippen LogP contribution >= 0.6 is 0 Å². The van der Waals surface area contributed by atoms with Crippen molar-refractivity contribution in [3.8, 4) is 6.07 Å². The number of urea groups is 1. The van der Waals surface area contributed by atoms with Crippen LogP contribution in [0.25, 0.3) is 0 Å². The van der Waals surface area contributed by atoms with Gasteiger partial charge in [0.2, 0.25) is 0 Å². The number of pyridine rings is 1. The maximum atomic E-state index is 14.4. The number of rotatable bonds is 5. The molecule has 1 aliphatic heterocycles. The highest BCUT2D eigenvalue weighted by Gasteiger charge is 2.71. The summed E-state index contributed by atoms with van der Waals surface area (Å²) in [6, 6.07) is 10.7. The van der Waals surface area contributed by atoms with Crippen LogP contribution in [-0.4, -0.2) is 53.5 Å². The van der Waals surface area contributed by atoms with Gasteiger partial charge in [0.15, 0.2) is 0 Å². The Morgan fingerprint density at radius 2 is 2.12 bits per heavy atom. The van der Waals surface area contributed by atoms with Crippen molar-refractivity contribution in [2.24, 2.45) is 5.92 Å². The third-order valence-corrected chi connectivity index (χ3v) is 7.76. The first-order valence-electron chi connectivity index (χ1n) is 11.2. The van der Waals surface area contributed by atoms with Crippen LogP contribution in [0.15, 0.2) is 36.5 Å². The molecule has 7 heteroatoms. The fraction of sp³-hybridized carbons (Fsp3) is 0.480. The topological polar surface area (TPSA) is 72.3 Å². The number of halogens is 1. The van der Waals surface area contributed by atoms with E-state index in [-0.39, 0.29) is 17.8 Å². The molecular formula is C25H28FN5O. The molecule has 3 fully saturated rings. The van der Waals surface area contributed by atoms with Crippen molar-refractivity contribution < 1.29 is 9.18 Å². The Bertz CT molecular complexity index is 1120. The van der Waals surface area contributed by atoms with Crippen LogP contribution in [0, 0.1) is 30.0 Å². The third kappa shape index (κ3) is 2.93. The van der Waals surface area contributed by atoms with Gasteiger partial charge in [0.05, 0.1) is 11.1 Å². The standard InChI is InChI=1S/C25H28FN5O/c1-16-9-20(11-27)28-12-21(16)22-24(15-29-23(32)31(24)13-17-7-8-17)14-25(22,30(2)3)18-5-4-6-19(26)10-18/h4-6,9-10,12,17,22H,7-8,13-15H2,1-3H3,(H,29,32). The molecule has 166 valence electrons. The van der Waals surface area contributed by atoms with E-state index in [0.717, 1.165) is 36.1 Å². The molecule has 2 heterocycles. The van der Waals surface area contributed by atoms with E-state index < -0.39 is 11.1 Å². The number of benzene rings is 1. The lowest BCUT2D eigenvalue weighted by atomic mass is 9.48. The molecule has 3 atom stereocenters. The van der Waals surface area contributed by atoms with Gasteiger partial charge in [-0.05, 0) is 81.1 Å². The molecule has 1 aromatic heterocycles. The number of carbonyl (C=O) groups is 1. The van der Waals surface area contributed by atoms with Gasteiger partial charge < -0.3 is 10.2 Å². The molecule has 0 bridgehead atoms. The molecule has 1 spiro atoms. The molecule has 6 nitrogen and oxygen atoms in total. The van der Waals surface area contributed by atoms with Crippen molar-refractivity contribution in [3.05, 3.63) is 64.7 Å². The van der Waals surface area contributed by atoms with Crippen molar-refractivity contribution >= 4 is 6.03 Å². The highest BCUT2D eigenvalue weighted by atomic mass is 19.1. The second-order valence-corrected chi connectivity index (χ2v) is 9.79. The second kappa shape index (κ2) is 7.28. The number of aryl methyl sites for hydroxylation is 1. The van der Waals surface area contributed by atoms with E-state index in [1.54, 1.807) is 18.3 Å². The number of hydrogen-bond donors (Lipinski definition) is 1. The van der Waals surface area contributed by atoms with Gasteiger partial charge in [-0.25, -0.2) is 14.2 Å². The Kier molecular flexibility index (Phi) is 4.75. The fourth-order valence-corrected chi connectivity index (χ4v) is 6.02. The summed E-state index contributed by atoms with van der Waals surface area (Å²) in [5.74, 6) is 0.165. The number of hydrogen-bond acceptors (Lipinski definition) is 4. The molecule has 2 aromatic rings. The first-order valence-corrected chi connectivity index (χ1v) is 11.2. The molecule has 2 saturated carbocycles. The lowest BCUT2D eigenvalue weighted by molar-refractivity contribution is -0.0983. The summed E-state index contributed by atoms with van der Waals surface area (Å²) in [5.41, 5.74) is 2.32. The van der Waals surface area contributed by atoms with Crippen molar-refractivity contribution in [2.75, 3.05) is 27.2 Å². The number of aromatic nitrogens is 1. The number of amides is 2. The molecule has 5 rings (SSSR count). The number of nitrogens with one attached hydrogen (secondary N) is 1. The molecule has 2 aliphatic carbocycles. The molecule has 3 aliphatic rings. The Labute approximate surface area is 188 Å². The molecule has 1 aromatic carbocycles. The third-order valence-electron chi connectivity index (χ3n) is 7.76. The quantitative estimate of drug-likeness (QED) is 0.783. The number of carbonyl (C=O) groups excluding carboxylic acids is 1. The zero-order valence-electron chi connectivity index (χ0n) is 18.7. The summed E-state index contributed by atoms with van der Waals surface area (Å²) >= 11 is 0. The van der Waals surface area contributed by atoms with E-state index in [9.17, 15) is 14.4 Å². The van der Waals surface area contributed by atoms with Crippen molar-refractivity contribution in [1.29, 1.82) is 5.26 Å². The first kappa shape index (κ1) is 20.9. The van der Waals surface area contributed by atoms with Gasteiger partial charge in [0, 0.05) is 25.2 Å². The average Bonchev–Trinajstić information content (AvgIpc) is 3.51. The lowest BCUT2D eigenvalue weighted by Gasteiger charge is -2.66.